The van der Waals surface area contributed by atoms with Crippen molar-refractivity contribution in [2.45, 2.75) is 26.4 Å². The zero-order valence-electron chi connectivity index (χ0n) is 15.2. The van der Waals surface area contributed by atoms with Gasteiger partial charge < -0.3 is 19.7 Å². The quantitative estimate of drug-likeness (QED) is 0.842. The third-order valence-corrected chi connectivity index (χ3v) is 4.39. The minimum absolute atomic E-state index is 0.0135. The van der Waals surface area contributed by atoms with Crippen LogP contribution in [0.25, 0.3) is 0 Å². The summed E-state index contributed by atoms with van der Waals surface area (Å²) < 4.78 is 10.1. The molecule has 138 valence electrons. The Bertz CT molecular complexity index is 568. The highest BCUT2D eigenvalue weighted by Crippen LogP contribution is 2.12. The number of ether oxygens (including phenoxy) is 2. The minimum atomic E-state index is -0.279. The van der Waals surface area contributed by atoms with Gasteiger partial charge in [0, 0.05) is 32.7 Å². The lowest BCUT2D eigenvalue weighted by Crippen LogP contribution is -2.54. The topological polar surface area (TPSA) is 71.1 Å². The first kappa shape index (κ1) is 19.1. The van der Waals surface area contributed by atoms with Gasteiger partial charge in [0.2, 0.25) is 5.91 Å². The van der Waals surface area contributed by atoms with Crippen molar-refractivity contribution in [3.8, 4) is 5.75 Å². The summed E-state index contributed by atoms with van der Waals surface area (Å²) in [4.78, 5) is 27.8. The average molecular weight is 349 g/mol. The Hall–Kier alpha value is -2.28. The second-order valence-electron chi connectivity index (χ2n) is 5.96. The van der Waals surface area contributed by atoms with Crippen molar-refractivity contribution in [1.82, 2.24) is 15.1 Å². The first-order valence-corrected chi connectivity index (χ1v) is 8.61. The molecule has 7 nitrogen and oxygen atoms in total. The van der Waals surface area contributed by atoms with Crippen LogP contribution in [0.4, 0.5) is 4.79 Å². The van der Waals surface area contributed by atoms with Crippen molar-refractivity contribution >= 4 is 12.0 Å². The summed E-state index contributed by atoms with van der Waals surface area (Å²) >= 11 is 0. The fourth-order valence-electron chi connectivity index (χ4n) is 2.75. The molecule has 7 heteroatoms. The van der Waals surface area contributed by atoms with Crippen LogP contribution in [-0.4, -0.2) is 67.7 Å². The number of methoxy groups -OCH3 is 1. The largest absolute Gasteiger partial charge is 0.497 e. The number of nitrogens with zero attached hydrogens (tertiary/aromatic N) is 2. The van der Waals surface area contributed by atoms with Crippen LogP contribution in [0, 0.1) is 0 Å². The van der Waals surface area contributed by atoms with E-state index in [1.165, 1.54) is 0 Å². The Morgan fingerprint density at radius 2 is 1.80 bits per heavy atom. The Kier molecular flexibility index (Phi) is 7.06. The molecular formula is C18H27N3O4. The van der Waals surface area contributed by atoms with Crippen LogP contribution in [0.3, 0.4) is 0 Å². The van der Waals surface area contributed by atoms with Gasteiger partial charge in [-0.1, -0.05) is 12.1 Å². The van der Waals surface area contributed by atoms with Crippen molar-refractivity contribution < 1.29 is 19.1 Å². The molecule has 2 rings (SSSR count). The summed E-state index contributed by atoms with van der Waals surface area (Å²) in [5, 5.41) is 2.96. The predicted octanol–water partition coefficient (Wildman–Crippen LogP) is 1.47. The zero-order chi connectivity index (χ0) is 18.2. The summed E-state index contributed by atoms with van der Waals surface area (Å²) in [6.07, 6.45) is -0.279. The van der Waals surface area contributed by atoms with E-state index in [1.807, 2.05) is 31.2 Å². The third-order valence-electron chi connectivity index (χ3n) is 4.39. The molecule has 1 aliphatic heterocycles. The highest BCUT2D eigenvalue weighted by molar-refractivity contribution is 5.81. The summed E-state index contributed by atoms with van der Waals surface area (Å²) in [7, 11) is 1.63. The van der Waals surface area contributed by atoms with Gasteiger partial charge in [-0.25, -0.2) is 4.79 Å². The Morgan fingerprint density at radius 1 is 1.16 bits per heavy atom. The average Bonchev–Trinajstić information content (AvgIpc) is 2.66. The van der Waals surface area contributed by atoms with Crippen LogP contribution >= 0.6 is 0 Å². The van der Waals surface area contributed by atoms with Gasteiger partial charge in [-0.05, 0) is 31.5 Å². The second-order valence-corrected chi connectivity index (χ2v) is 5.96. The summed E-state index contributed by atoms with van der Waals surface area (Å²) in [5.74, 6) is 0.781. The molecule has 0 aromatic heterocycles. The summed E-state index contributed by atoms with van der Waals surface area (Å²) in [6.45, 7) is 7.03. The zero-order valence-corrected chi connectivity index (χ0v) is 15.2. The molecule has 1 saturated heterocycles. The van der Waals surface area contributed by atoms with Crippen LogP contribution in [0.2, 0.25) is 0 Å². The van der Waals surface area contributed by atoms with E-state index >= 15 is 0 Å². The number of carbonyl (C=O) groups excluding carboxylic acids is 2. The maximum Gasteiger partial charge on any atom is 0.409 e. The molecule has 0 bridgehead atoms. The van der Waals surface area contributed by atoms with Crippen molar-refractivity contribution in [2.24, 2.45) is 0 Å². The fourth-order valence-corrected chi connectivity index (χ4v) is 2.75. The summed E-state index contributed by atoms with van der Waals surface area (Å²) in [6, 6.07) is 7.38. The second kappa shape index (κ2) is 9.27. The molecule has 0 spiro atoms. The highest BCUT2D eigenvalue weighted by atomic mass is 16.6. The number of carbonyl (C=O) groups is 2. The Labute approximate surface area is 148 Å². The van der Waals surface area contributed by atoms with Gasteiger partial charge in [0.1, 0.15) is 5.75 Å². The molecule has 0 aliphatic carbocycles. The van der Waals surface area contributed by atoms with Crippen molar-refractivity contribution in [2.75, 3.05) is 39.9 Å². The number of piperazine rings is 1. The van der Waals surface area contributed by atoms with E-state index in [-0.39, 0.29) is 18.0 Å². The molecule has 0 unspecified atom stereocenters. The van der Waals surface area contributed by atoms with Gasteiger partial charge in [0.15, 0.2) is 0 Å². The molecule has 1 aliphatic rings. The molecule has 1 heterocycles. The summed E-state index contributed by atoms with van der Waals surface area (Å²) in [5.41, 5.74) is 1.02. The van der Waals surface area contributed by atoms with Gasteiger partial charge in [0.25, 0.3) is 0 Å². The molecular weight excluding hydrogens is 322 g/mol. The van der Waals surface area contributed by atoms with E-state index in [2.05, 4.69) is 10.2 Å². The van der Waals surface area contributed by atoms with Crippen molar-refractivity contribution in [3.05, 3.63) is 29.8 Å². The number of nitrogens with one attached hydrogen (secondary N) is 1. The molecule has 1 atom stereocenters. The lowest BCUT2D eigenvalue weighted by atomic mass is 10.2. The van der Waals surface area contributed by atoms with E-state index in [4.69, 9.17) is 9.47 Å². The first-order valence-electron chi connectivity index (χ1n) is 8.61. The molecule has 2 amide bonds. The lowest BCUT2D eigenvalue weighted by Gasteiger charge is -2.36. The molecule has 0 radical (unpaired) electrons. The maximum absolute atomic E-state index is 12.4. The Morgan fingerprint density at radius 3 is 2.36 bits per heavy atom. The maximum atomic E-state index is 12.4. The van der Waals surface area contributed by atoms with Gasteiger partial charge in [-0.2, -0.15) is 0 Å². The number of benzene rings is 1. The fraction of sp³-hybridized carbons (Fsp3) is 0.556. The molecule has 1 aromatic rings. The minimum Gasteiger partial charge on any atom is -0.497 e. The van der Waals surface area contributed by atoms with Crippen LogP contribution in [0.15, 0.2) is 24.3 Å². The van der Waals surface area contributed by atoms with Gasteiger partial charge in [-0.3, -0.25) is 9.69 Å². The normalized spacial score (nSPS) is 16.2. The van der Waals surface area contributed by atoms with Crippen LogP contribution in [0.1, 0.15) is 19.4 Å². The lowest BCUT2D eigenvalue weighted by molar-refractivity contribution is -0.126. The van der Waals surface area contributed by atoms with Gasteiger partial charge in [0.05, 0.1) is 19.8 Å². The van der Waals surface area contributed by atoms with E-state index in [0.717, 1.165) is 11.3 Å². The molecule has 1 N–H and O–H groups in total. The van der Waals surface area contributed by atoms with Gasteiger partial charge in [-0.15, -0.1) is 0 Å². The molecule has 1 aromatic carbocycles. The monoisotopic (exact) mass is 349 g/mol. The van der Waals surface area contributed by atoms with Crippen LogP contribution in [-0.2, 0) is 16.1 Å². The molecule has 25 heavy (non-hydrogen) atoms. The van der Waals surface area contributed by atoms with Gasteiger partial charge >= 0.3 is 6.09 Å². The standard InChI is InChI=1S/C18H27N3O4/c1-4-25-18(23)21-11-9-20(10-12-21)14(2)17(22)19-13-15-5-7-16(24-3)8-6-15/h5-8,14H,4,9-13H2,1-3H3,(H,19,22)/t14-/m0/s1. The SMILES string of the molecule is CCOC(=O)N1CCN([C@@H](C)C(=O)NCc2ccc(OC)cc2)CC1. The van der Waals surface area contributed by atoms with Crippen LogP contribution in [0.5, 0.6) is 5.75 Å². The number of hydrogen-bond donors (Lipinski definition) is 1. The predicted molar refractivity (Wildman–Crippen MR) is 94.5 cm³/mol. The Balaban J connectivity index is 1.77. The van der Waals surface area contributed by atoms with Crippen LogP contribution < -0.4 is 10.1 Å². The number of rotatable bonds is 6. The number of hydrogen-bond acceptors (Lipinski definition) is 5. The van der Waals surface area contributed by atoms with E-state index in [1.54, 1.807) is 18.9 Å². The van der Waals surface area contributed by atoms with E-state index in [9.17, 15) is 9.59 Å². The van der Waals surface area contributed by atoms with E-state index in [0.29, 0.717) is 39.3 Å². The molecule has 1 fully saturated rings. The first-order chi connectivity index (χ1) is 12.0. The highest BCUT2D eigenvalue weighted by Gasteiger charge is 2.27. The molecule has 0 saturated carbocycles. The van der Waals surface area contributed by atoms with Crippen molar-refractivity contribution in [3.63, 3.8) is 0 Å². The number of amides is 2. The third kappa shape index (κ3) is 5.35. The van der Waals surface area contributed by atoms with Crippen molar-refractivity contribution in [1.29, 1.82) is 0 Å². The van der Waals surface area contributed by atoms with E-state index < -0.39 is 0 Å². The smallest absolute Gasteiger partial charge is 0.409 e.